The van der Waals surface area contributed by atoms with Gasteiger partial charge >= 0.3 is 0 Å². The molecule has 0 saturated carbocycles. The van der Waals surface area contributed by atoms with E-state index < -0.39 is 0 Å². The van der Waals surface area contributed by atoms with E-state index >= 15 is 0 Å². The quantitative estimate of drug-likeness (QED) is 0.872. The Morgan fingerprint density at radius 3 is 2.60 bits per heavy atom. The third kappa shape index (κ3) is 2.37. The second-order valence-electron chi connectivity index (χ2n) is 2.80. The van der Waals surface area contributed by atoms with Crippen LogP contribution in [0, 0.1) is 0 Å². The Hall–Kier alpha value is -1.32. The maximum absolute atomic E-state index is 5.96. The summed E-state index contributed by atoms with van der Waals surface area (Å²) >= 11 is 11.8. The second-order valence-corrected chi connectivity index (χ2v) is 3.58. The molecule has 76 valence electrons. The lowest BCUT2D eigenvalue weighted by molar-refractivity contribution is 1.25. The summed E-state index contributed by atoms with van der Waals surface area (Å²) in [7, 11) is 0. The number of hydrogen-bond donors (Lipinski definition) is 1. The normalized spacial score (nSPS) is 10.0. The summed E-state index contributed by atoms with van der Waals surface area (Å²) in [4.78, 5) is 8.16. The molecule has 0 aromatic carbocycles. The van der Waals surface area contributed by atoms with Crippen molar-refractivity contribution in [1.29, 1.82) is 0 Å². The first kappa shape index (κ1) is 10.2. The molecule has 0 amide bonds. The fourth-order valence-electron chi connectivity index (χ4n) is 1.07. The molecule has 2 aromatic heterocycles. The molecular weight excluding hydrogens is 233 g/mol. The van der Waals surface area contributed by atoms with Crippen LogP contribution in [-0.4, -0.2) is 9.97 Å². The Morgan fingerprint density at radius 2 is 1.87 bits per heavy atom. The predicted molar refractivity (Wildman–Crippen MR) is 61.8 cm³/mol. The minimum atomic E-state index is 0.393. The third-order valence-electron chi connectivity index (χ3n) is 1.75. The third-order valence-corrected chi connectivity index (χ3v) is 2.55. The first-order valence-electron chi connectivity index (χ1n) is 4.25. The lowest BCUT2D eigenvalue weighted by Gasteiger charge is -2.06. The van der Waals surface area contributed by atoms with Gasteiger partial charge in [0.05, 0.1) is 5.02 Å². The highest BCUT2D eigenvalue weighted by Crippen LogP contribution is 2.28. The maximum Gasteiger partial charge on any atom is 0.151 e. The van der Waals surface area contributed by atoms with Crippen LogP contribution in [0.1, 0.15) is 0 Å². The van der Waals surface area contributed by atoms with Gasteiger partial charge in [0.2, 0.25) is 0 Å². The lowest BCUT2D eigenvalue weighted by Crippen LogP contribution is -1.96. The van der Waals surface area contributed by atoms with Crippen LogP contribution in [0.5, 0.6) is 0 Å². The molecule has 0 saturated heterocycles. The number of pyridine rings is 2. The van der Waals surface area contributed by atoms with Crippen molar-refractivity contribution in [2.75, 3.05) is 5.32 Å². The van der Waals surface area contributed by atoms with Crippen molar-refractivity contribution in [1.82, 2.24) is 9.97 Å². The van der Waals surface area contributed by atoms with Gasteiger partial charge in [-0.1, -0.05) is 29.3 Å². The van der Waals surface area contributed by atoms with Crippen LogP contribution in [0.2, 0.25) is 10.0 Å². The van der Waals surface area contributed by atoms with E-state index in [9.17, 15) is 0 Å². The summed E-state index contributed by atoms with van der Waals surface area (Å²) in [6, 6.07) is 7.15. The monoisotopic (exact) mass is 239 g/mol. The summed E-state index contributed by atoms with van der Waals surface area (Å²) < 4.78 is 0. The Balaban J connectivity index is 2.29. The molecule has 0 radical (unpaired) electrons. The Bertz CT molecular complexity index is 459. The van der Waals surface area contributed by atoms with Crippen LogP contribution in [0.4, 0.5) is 11.6 Å². The molecule has 0 aliphatic carbocycles. The van der Waals surface area contributed by atoms with Gasteiger partial charge in [0, 0.05) is 12.4 Å². The van der Waals surface area contributed by atoms with Gasteiger partial charge in [0.25, 0.3) is 0 Å². The maximum atomic E-state index is 5.96. The van der Waals surface area contributed by atoms with Gasteiger partial charge in [-0.15, -0.1) is 0 Å². The number of anilines is 2. The van der Waals surface area contributed by atoms with Crippen molar-refractivity contribution in [3.8, 4) is 0 Å². The zero-order chi connectivity index (χ0) is 10.7. The van der Waals surface area contributed by atoms with Crippen molar-refractivity contribution < 1.29 is 0 Å². The Morgan fingerprint density at radius 1 is 1.00 bits per heavy atom. The minimum Gasteiger partial charge on any atom is -0.324 e. The summed E-state index contributed by atoms with van der Waals surface area (Å²) in [5.74, 6) is 1.18. The van der Waals surface area contributed by atoms with Crippen molar-refractivity contribution in [3.05, 3.63) is 46.7 Å². The fourth-order valence-corrected chi connectivity index (χ4v) is 1.37. The van der Waals surface area contributed by atoms with Gasteiger partial charge in [-0.05, 0) is 18.2 Å². The average molecular weight is 240 g/mol. The van der Waals surface area contributed by atoms with Gasteiger partial charge in [-0.2, -0.15) is 0 Å². The van der Waals surface area contributed by atoms with Crippen LogP contribution < -0.4 is 5.32 Å². The molecule has 1 N–H and O–H groups in total. The first-order valence-corrected chi connectivity index (χ1v) is 5.01. The van der Waals surface area contributed by atoms with Crippen molar-refractivity contribution in [3.63, 3.8) is 0 Å². The largest absolute Gasteiger partial charge is 0.324 e. The number of rotatable bonds is 2. The van der Waals surface area contributed by atoms with E-state index in [2.05, 4.69) is 15.3 Å². The molecule has 0 spiro atoms. The van der Waals surface area contributed by atoms with Gasteiger partial charge in [0.1, 0.15) is 10.8 Å². The molecule has 3 nitrogen and oxygen atoms in total. The molecule has 2 rings (SSSR count). The van der Waals surface area contributed by atoms with Crippen molar-refractivity contribution in [2.45, 2.75) is 0 Å². The van der Waals surface area contributed by atoms with E-state index in [0.717, 1.165) is 0 Å². The highest BCUT2D eigenvalue weighted by molar-refractivity contribution is 6.43. The summed E-state index contributed by atoms with van der Waals surface area (Å²) in [5, 5.41) is 3.83. The van der Waals surface area contributed by atoms with E-state index in [-0.39, 0.29) is 0 Å². The Labute approximate surface area is 97.1 Å². The van der Waals surface area contributed by atoms with Crippen molar-refractivity contribution in [2.24, 2.45) is 0 Å². The van der Waals surface area contributed by atoms with E-state index in [1.807, 2.05) is 18.2 Å². The van der Waals surface area contributed by atoms with Gasteiger partial charge < -0.3 is 5.32 Å². The smallest absolute Gasteiger partial charge is 0.151 e. The molecular formula is C10H7Cl2N3. The molecule has 2 heterocycles. The number of nitrogens with one attached hydrogen (secondary N) is 1. The number of halogens is 2. The summed E-state index contributed by atoms with van der Waals surface area (Å²) in [6.45, 7) is 0. The number of hydrogen-bond acceptors (Lipinski definition) is 3. The van der Waals surface area contributed by atoms with Crippen molar-refractivity contribution >= 4 is 34.8 Å². The molecule has 0 atom stereocenters. The van der Waals surface area contributed by atoms with Crippen LogP contribution in [0.3, 0.4) is 0 Å². The van der Waals surface area contributed by atoms with E-state index in [1.54, 1.807) is 18.5 Å². The number of aromatic nitrogens is 2. The molecule has 0 aliphatic rings. The zero-order valence-electron chi connectivity index (χ0n) is 7.61. The summed E-state index contributed by atoms with van der Waals surface area (Å²) in [6.07, 6.45) is 3.26. The van der Waals surface area contributed by atoms with Gasteiger partial charge in [0.15, 0.2) is 5.82 Å². The summed E-state index contributed by atoms with van der Waals surface area (Å²) in [5.41, 5.74) is 0. The van der Waals surface area contributed by atoms with E-state index in [0.29, 0.717) is 21.7 Å². The minimum absolute atomic E-state index is 0.393. The van der Waals surface area contributed by atoms with Crippen LogP contribution in [0.15, 0.2) is 36.7 Å². The second kappa shape index (κ2) is 4.47. The fraction of sp³-hybridized carbons (Fsp3) is 0. The Kier molecular flexibility index (Phi) is 3.04. The highest BCUT2D eigenvalue weighted by atomic mass is 35.5. The molecule has 5 heteroatoms. The molecule has 0 bridgehead atoms. The molecule has 0 unspecified atom stereocenters. The molecule has 2 aromatic rings. The topological polar surface area (TPSA) is 37.8 Å². The van der Waals surface area contributed by atoms with Gasteiger partial charge in [-0.3, -0.25) is 0 Å². The number of nitrogens with zero attached hydrogens (tertiary/aromatic N) is 2. The van der Waals surface area contributed by atoms with E-state index in [1.165, 1.54) is 0 Å². The average Bonchev–Trinajstić information content (AvgIpc) is 2.26. The predicted octanol–water partition coefficient (Wildman–Crippen LogP) is 3.53. The first-order chi connectivity index (χ1) is 7.27. The molecule has 0 aliphatic heterocycles. The lowest BCUT2D eigenvalue weighted by atomic mass is 10.4. The zero-order valence-corrected chi connectivity index (χ0v) is 9.13. The molecule has 15 heavy (non-hydrogen) atoms. The molecule has 0 fully saturated rings. The van der Waals surface area contributed by atoms with Crippen LogP contribution >= 0.6 is 23.2 Å². The van der Waals surface area contributed by atoms with Gasteiger partial charge in [-0.25, -0.2) is 9.97 Å². The van der Waals surface area contributed by atoms with Crippen LogP contribution in [0.25, 0.3) is 0 Å². The highest BCUT2D eigenvalue weighted by Gasteiger charge is 2.05. The van der Waals surface area contributed by atoms with E-state index in [4.69, 9.17) is 23.2 Å². The standard InChI is InChI=1S/C10H7Cl2N3/c11-7-4-6-14-10(9(7)12)15-8-3-1-2-5-13-8/h1-6H,(H,13,14,15). The SMILES string of the molecule is Clc1ccnc(Nc2ccccn2)c1Cl. The van der Waals surface area contributed by atoms with Crippen LogP contribution in [-0.2, 0) is 0 Å².